The number of nitrogens with one attached hydrogen (secondary N) is 1. The van der Waals surface area contributed by atoms with Crippen LogP contribution in [-0.2, 0) is 0 Å². The summed E-state index contributed by atoms with van der Waals surface area (Å²) in [4.78, 5) is 12.1. The maximum Gasteiger partial charge on any atom is 0.271 e. The molecule has 24 heavy (non-hydrogen) atoms. The number of benzene rings is 2. The minimum Gasteiger partial charge on any atom is -0.504 e. The number of phenolic OH excluding ortho intramolecular Hbond substituents is 1. The molecule has 2 aromatic carbocycles. The van der Waals surface area contributed by atoms with Gasteiger partial charge in [0, 0.05) is 11.1 Å². The minimum absolute atomic E-state index is 0.0486. The van der Waals surface area contributed by atoms with Crippen LogP contribution in [0.5, 0.6) is 17.2 Å². The Balaban J connectivity index is 2.07. The molecule has 2 rings (SSSR count). The van der Waals surface area contributed by atoms with Gasteiger partial charge in [0.25, 0.3) is 5.91 Å². The Hall–Kier alpha value is -3.02. The largest absolute Gasteiger partial charge is 0.504 e. The van der Waals surface area contributed by atoms with Gasteiger partial charge < -0.3 is 14.6 Å². The number of hydrogen-bond acceptors (Lipinski definition) is 5. The van der Waals surface area contributed by atoms with E-state index in [9.17, 15) is 9.90 Å². The zero-order chi connectivity index (χ0) is 17.5. The Labute approximate surface area is 140 Å². The smallest absolute Gasteiger partial charge is 0.271 e. The molecule has 0 heterocycles. The third kappa shape index (κ3) is 4.25. The number of rotatable bonds is 6. The fourth-order valence-corrected chi connectivity index (χ4v) is 2.04. The van der Waals surface area contributed by atoms with Crippen molar-refractivity contribution in [3.05, 3.63) is 53.6 Å². The SMILES string of the molecule is CCOc1ccc(C(=O)N/N=C(\C)c2ccc(O)c(OC)c2)cc1. The highest BCUT2D eigenvalue weighted by atomic mass is 16.5. The summed E-state index contributed by atoms with van der Waals surface area (Å²) in [7, 11) is 1.47. The van der Waals surface area contributed by atoms with Crippen LogP contribution in [0, 0.1) is 0 Å². The van der Waals surface area contributed by atoms with E-state index in [1.54, 1.807) is 43.3 Å². The highest BCUT2D eigenvalue weighted by Crippen LogP contribution is 2.26. The molecule has 6 heteroatoms. The standard InChI is InChI=1S/C18H20N2O4/c1-4-24-15-8-5-13(6-9-15)18(22)20-19-12(2)14-7-10-16(21)17(11-14)23-3/h5-11,21H,4H2,1-3H3,(H,20,22)/b19-12+. The molecule has 2 aromatic rings. The minimum atomic E-state index is -0.317. The molecule has 2 N–H and O–H groups in total. The molecule has 6 nitrogen and oxygen atoms in total. The number of nitrogens with zero attached hydrogens (tertiary/aromatic N) is 1. The summed E-state index contributed by atoms with van der Waals surface area (Å²) in [5.41, 5.74) is 4.31. The van der Waals surface area contributed by atoms with Crippen molar-refractivity contribution in [2.45, 2.75) is 13.8 Å². The first-order valence-corrected chi connectivity index (χ1v) is 7.50. The summed E-state index contributed by atoms with van der Waals surface area (Å²) in [6.45, 7) is 4.23. The molecule has 0 bridgehead atoms. The van der Waals surface area contributed by atoms with Gasteiger partial charge >= 0.3 is 0 Å². The van der Waals surface area contributed by atoms with Crippen molar-refractivity contribution >= 4 is 11.6 Å². The average molecular weight is 328 g/mol. The summed E-state index contributed by atoms with van der Waals surface area (Å²) in [6, 6.07) is 11.7. The second kappa shape index (κ2) is 8.01. The maximum atomic E-state index is 12.1. The number of aromatic hydroxyl groups is 1. The average Bonchev–Trinajstić information content (AvgIpc) is 2.60. The fourth-order valence-electron chi connectivity index (χ4n) is 2.04. The molecule has 0 unspecified atom stereocenters. The van der Waals surface area contributed by atoms with Crippen LogP contribution >= 0.6 is 0 Å². The zero-order valence-electron chi connectivity index (χ0n) is 13.9. The first-order chi connectivity index (χ1) is 11.5. The molecule has 0 aliphatic rings. The summed E-state index contributed by atoms with van der Waals surface area (Å²) in [5, 5.41) is 13.7. The van der Waals surface area contributed by atoms with Gasteiger partial charge in [-0.3, -0.25) is 4.79 Å². The van der Waals surface area contributed by atoms with E-state index in [2.05, 4.69) is 10.5 Å². The van der Waals surface area contributed by atoms with E-state index < -0.39 is 0 Å². The molecule has 0 aromatic heterocycles. The number of amides is 1. The van der Waals surface area contributed by atoms with Crippen LogP contribution in [0.4, 0.5) is 0 Å². The van der Waals surface area contributed by atoms with Crippen LogP contribution in [0.15, 0.2) is 47.6 Å². The summed E-state index contributed by atoms with van der Waals surface area (Å²) < 4.78 is 10.4. The highest BCUT2D eigenvalue weighted by molar-refractivity contribution is 6.01. The van der Waals surface area contributed by atoms with E-state index in [1.807, 2.05) is 6.92 Å². The molecule has 0 saturated heterocycles. The predicted molar refractivity (Wildman–Crippen MR) is 91.9 cm³/mol. The molecule has 0 radical (unpaired) electrons. The lowest BCUT2D eigenvalue weighted by Gasteiger charge is -2.07. The van der Waals surface area contributed by atoms with Crippen molar-refractivity contribution in [3.8, 4) is 17.2 Å². The van der Waals surface area contributed by atoms with Crippen molar-refractivity contribution in [2.75, 3.05) is 13.7 Å². The Morgan fingerprint density at radius 2 is 1.83 bits per heavy atom. The molecule has 0 spiro atoms. The van der Waals surface area contributed by atoms with Gasteiger partial charge in [0.05, 0.1) is 19.4 Å². The van der Waals surface area contributed by atoms with Crippen molar-refractivity contribution in [1.29, 1.82) is 0 Å². The summed E-state index contributed by atoms with van der Waals surface area (Å²) in [6.07, 6.45) is 0. The number of methoxy groups -OCH3 is 1. The van der Waals surface area contributed by atoms with E-state index in [4.69, 9.17) is 9.47 Å². The van der Waals surface area contributed by atoms with Crippen LogP contribution in [0.1, 0.15) is 29.8 Å². The van der Waals surface area contributed by atoms with Crippen molar-refractivity contribution in [3.63, 3.8) is 0 Å². The molecular formula is C18H20N2O4. The molecular weight excluding hydrogens is 308 g/mol. The first-order valence-electron chi connectivity index (χ1n) is 7.50. The predicted octanol–water partition coefficient (Wildman–Crippen LogP) is 2.95. The van der Waals surface area contributed by atoms with E-state index in [-0.39, 0.29) is 11.7 Å². The summed E-state index contributed by atoms with van der Waals surface area (Å²) >= 11 is 0. The second-order valence-corrected chi connectivity index (χ2v) is 4.98. The van der Waals surface area contributed by atoms with Crippen molar-refractivity contribution < 1.29 is 19.4 Å². The lowest BCUT2D eigenvalue weighted by Crippen LogP contribution is -2.19. The number of hydrazone groups is 1. The first kappa shape index (κ1) is 17.3. The fraction of sp³-hybridized carbons (Fsp3) is 0.222. The topological polar surface area (TPSA) is 80.2 Å². The van der Waals surface area contributed by atoms with Gasteiger partial charge in [0.1, 0.15) is 5.75 Å². The maximum absolute atomic E-state index is 12.1. The Kier molecular flexibility index (Phi) is 5.78. The normalized spacial score (nSPS) is 11.0. The van der Waals surface area contributed by atoms with Gasteiger partial charge in [0.2, 0.25) is 0 Å². The number of phenols is 1. The van der Waals surface area contributed by atoms with Crippen LogP contribution in [0.2, 0.25) is 0 Å². The monoisotopic (exact) mass is 328 g/mol. The Morgan fingerprint density at radius 1 is 1.17 bits per heavy atom. The van der Waals surface area contributed by atoms with Gasteiger partial charge in [-0.1, -0.05) is 0 Å². The van der Waals surface area contributed by atoms with Gasteiger partial charge in [0.15, 0.2) is 11.5 Å². The van der Waals surface area contributed by atoms with Gasteiger partial charge in [-0.25, -0.2) is 5.43 Å². The van der Waals surface area contributed by atoms with E-state index in [0.717, 1.165) is 5.56 Å². The van der Waals surface area contributed by atoms with Crippen LogP contribution in [0.3, 0.4) is 0 Å². The van der Waals surface area contributed by atoms with Gasteiger partial charge in [-0.05, 0) is 56.3 Å². The molecule has 0 aliphatic heterocycles. The zero-order valence-corrected chi connectivity index (χ0v) is 13.9. The third-order valence-corrected chi connectivity index (χ3v) is 3.35. The highest BCUT2D eigenvalue weighted by Gasteiger charge is 2.07. The lowest BCUT2D eigenvalue weighted by molar-refractivity contribution is 0.0955. The lowest BCUT2D eigenvalue weighted by atomic mass is 10.1. The number of hydrogen-bond donors (Lipinski definition) is 2. The van der Waals surface area contributed by atoms with Crippen LogP contribution < -0.4 is 14.9 Å². The second-order valence-electron chi connectivity index (χ2n) is 4.98. The molecule has 0 saturated carbocycles. The van der Waals surface area contributed by atoms with E-state index >= 15 is 0 Å². The number of carbonyl (C=O) groups is 1. The van der Waals surface area contributed by atoms with Crippen molar-refractivity contribution in [1.82, 2.24) is 5.43 Å². The third-order valence-electron chi connectivity index (χ3n) is 3.35. The molecule has 1 amide bonds. The molecule has 0 aliphatic carbocycles. The van der Waals surface area contributed by atoms with Crippen LogP contribution in [0.25, 0.3) is 0 Å². The van der Waals surface area contributed by atoms with Gasteiger partial charge in [-0.15, -0.1) is 0 Å². The summed E-state index contributed by atoms with van der Waals surface area (Å²) in [5.74, 6) is 0.792. The van der Waals surface area contributed by atoms with E-state index in [0.29, 0.717) is 29.4 Å². The molecule has 0 atom stereocenters. The van der Waals surface area contributed by atoms with Gasteiger partial charge in [-0.2, -0.15) is 5.10 Å². The Bertz CT molecular complexity index is 739. The van der Waals surface area contributed by atoms with Crippen molar-refractivity contribution in [2.24, 2.45) is 5.10 Å². The van der Waals surface area contributed by atoms with Crippen LogP contribution in [-0.4, -0.2) is 30.4 Å². The molecule has 0 fully saturated rings. The number of ether oxygens (including phenoxy) is 2. The number of carbonyl (C=O) groups excluding carboxylic acids is 1. The van der Waals surface area contributed by atoms with E-state index in [1.165, 1.54) is 13.2 Å². The Morgan fingerprint density at radius 3 is 2.46 bits per heavy atom. The molecule has 126 valence electrons. The quantitative estimate of drug-likeness (QED) is 0.631.